The fourth-order valence-corrected chi connectivity index (χ4v) is 2.17. The minimum absolute atomic E-state index is 0.293. The van der Waals surface area contributed by atoms with Crippen LogP contribution >= 0.6 is 0 Å². The predicted octanol–water partition coefficient (Wildman–Crippen LogP) is 1.56. The normalized spacial score (nSPS) is 10.6. The molecule has 1 aromatic heterocycles. The number of carbonyl (C=O) groups is 1. The summed E-state index contributed by atoms with van der Waals surface area (Å²) in [6, 6.07) is 16.8. The molecule has 0 unspecified atom stereocenters. The van der Waals surface area contributed by atoms with E-state index in [2.05, 4.69) is 15.5 Å². The molecule has 0 bridgehead atoms. The van der Waals surface area contributed by atoms with E-state index in [1.807, 2.05) is 42.5 Å². The molecule has 0 aliphatic rings. The van der Waals surface area contributed by atoms with E-state index in [0.717, 1.165) is 11.1 Å². The second kappa shape index (κ2) is 6.28. The average Bonchev–Trinajstić information content (AvgIpc) is 3.04. The van der Waals surface area contributed by atoms with E-state index < -0.39 is 6.61 Å². The number of hydrogen-bond acceptors (Lipinski definition) is 5. The molecule has 0 spiro atoms. The molecule has 0 aliphatic carbocycles. The summed E-state index contributed by atoms with van der Waals surface area (Å²) in [4.78, 5) is 11.4. The zero-order valence-corrected chi connectivity index (χ0v) is 11.8. The van der Waals surface area contributed by atoms with Crippen molar-refractivity contribution in [1.82, 2.24) is 20.2 Å². The number of hydrogen-bond donors (Lipinski definition) is 1. The SMILES string of the molecule is O=C(CO)c1ccc(Cn2nnnc2-c2ccccc2)cc1. The number of benzene rings is 2. The Kier molecular flexibility index (Phi) is 4.02. The van der Waals surface area contributed by atoms with Gasteiger partial charge in [-0.3, -0.25) is 4.79 Å². The van der Waals surface area contributed by atoms with Gasteiger partial charge < -0.3 is 5.11 Å². The van der Waals surface area contributed by atoms with Crippen LogP contribution in [0.5, 0.6) is 0 Å². The maximum Gasteiger partial charge on any atom is 0.188 e. The van der Waals surface area contributed by atoms with Gasteiger partial charge in [-0.1, -0.05) is 54.6 Å². The smallest absolute Gasteiger partial charge is 0.188 e. The highest BCUT2D eigenvalue weighted by molar-refractivity contribution is 5.96. The van der Waals surface area contributed by atoms with Crippen LogP contribution in [0, 0.1) is 0 Å². The van der Waals surface area contributed by atoms with Gasteiger partial charge in [-0.2, -0.15) is 0 Å². The number of nitrogens with zero attached hydrogens (tertiary/aromatic N) is 4. The Balaban J connectivity index is 1.83. The third-order valence-electron chi connectivity index (χ3n) is 3.32. The van der Waals surface area contributed by atoms with Crippen LogP contribution in [0.15, 0.2) is 54.6 Å². The number of carbonyl (C=O) groups excluding carboxylic acids is 1. The highest BCUT2D eigenvalue weighted by atomic mass is 16.3. The molecule has 0 saturated heterocycles. The van der Waals surface area contributed by atoms with Crippen LogP contribution in [-0.4, -0.2) is 37.7 Å². The van der Waals surface area contributed by atoms with Crippen molar-refractivity contribution in [2.45, 2.75) is 6.54 Å². The van der Waals surface area contributed by atoms with Gasteiger partial charge in [-0.05, 0) is 16.0 Å². The van der Waals surface area contributed by atoms with E-state index >= 15 is 0 Å². The molecule has 0 fully saturated rings. The fourth-order valence-electron chi connectivity index (χ4n) is 2.17. The minimum atomic E-state index is -0.482. The summed E-state index contributed by atoms with van der Waals surface area (Å²) < 4.78 is 1.71. The van der Waals surface area contributed by atoms with Gasteiger partial charge in [-0.15, -0.1) is 5.10 Å². The van der Waals surface area contributed by atoms with Crippen molar-refractivity contribution in [2.24, 2.45) is 0 Å². The molecule has 110 valence electrons. The molecule has 0 radical (unpaired) electrons. The van der Waals surface area contributed by atoms with Crippen LogP contribution in [0.1, 0.15) is 15.9 Å². The van der Waals surface area contributed by atoms with Gasteiger partial charge in [0.15, 0.2) is 11.6 Å². The third kappa shape index (κ3) is 2.91. The first kappa shape index (κ1) is 14.1. The quantitative estimate of drug-likeness (QED) is 0.722. The molecular weight excluding hydrogens is 280 g/mol. The molecule has 1 N–H and O–H groups in total. The molecule has 0 amide bonds. The van der Waals surface area contributed by atoms with Gasteiger partial charge >= 0.3 is 0 Å². The van der Waals surface area contributed by atoms with Crippen molar-refractivity contribution < 1.29 is 9.90 Å². The Morgan fingerprint density at radius 3 is 2.45 bits per heavy atom. The van der Waals surface area contributed by atoms with Gasteiger partial charge in [0.1, 0.15) is 6.61 Å². The Morgan fingerprint density at radius 2 is 1.77 bits per heavy atom. The number of Topliss-reactive ketones (excluding diaryl/α,β-unsaturated/α-hetero) is 1. The molecule has 22 heavy (non-hydrogen) atoms. The number of aliphatic hydroxyl groups is 1. The van der Waals surface area contributed by atoms with Crippen molar-refractivity contribution in [3.63, 3.8) is 0 Å². The highest BCUT2D eigenvalue weighted by Crippen LogP contribution is 2.16. The third-order valence-corrected chi connectivity index (χ3v) is 3.32. The lowest BCUT2D eigenvalue weighted by atomic mass is 10.1. The standard InChI is InChI=1S/C16H14N4O2/c21-11-15(22)13-8-6-12(7-9-13)10-20-16(17-18-19-20)14-4-2-1-3-5-14/h1-9,21H,10-11H2. The van der Waals surface area contributed by atoms with Crippen LogP contribution in [-0.2, 0) is 6.54 Å². The largest absolute Gasteiger partial charge is 0.388 e. The summed E-state index contributed by atoms with van der Waals surface area (Å²) in [5.74, 6) is 0.398. The van der Waals surface area contributed by atoms with Crippen LogP contribution in [0.4, 0.5) is 0 Å². The van der Waals surface area contributed by atoms with Crippen molar-refractivity contribution in [3.8, 4) is 11.4 Å². The van der Waals surface area contributed by atoms with Gasteiger partial charge in [0.05, 0.1) is 6.54 Å². The van der Waals surface area contributed by atoms with E-state index in [4.69, 9.17) is 5.11 Å². The summed E-state index contributed by atoms with van der Waals surface area (Å²) in [5.41, 5.74) is 2.41. The van der Waals surface area contributed by atoms with Crippen LogP contribution in [0.3, 0.4) is 0 Å². The molecule has 1 heterocycles. The lowest BCUT2D eigenvalue weighted by Gasteiger charge is -2.05. The Labute approximate surface area is 127 Å². The maximum absolute atomic E-state index is 11.4. The van der Waals surface area contributed by atoms with Gasteiger partial charge in [0.25, 0.3) is 0 Å². The topological polar surface area (TPSA) is 80.9 Å². The monoisotopic (exact) mass is 294 g/mol. The summed E-state index contributed by atoms with van der Waals surface area (Å²) in [6.07, 6.45) is 0. The molecule has 6 nitrogen and oxygen atoms in total. The van der Waals surface area contributed by atoms with Crippen molar-refractivity contribution in [3.05, 3.63) is 65.7 Å². The number of tetrazole rings is 1. The summed E-state index contributed by atoms with van der Waals surface area (Å²) in [5, 5.41) is 20.6. The van der Waals surface area contributed by atoms with Crippen molar-refractivity contribution in [1.29, 1.82) is 0 Å². The van der Waals surface area contributed by atoms with Crippen LogP contribution in [0.25, 0.3) is 11.4 Å². The summed E-state index contributed by atoms with van der Waals surface area (Å²) >= 11 is 0. The van der Waals surface area contributed by atoms with Gasteiger partial charge in [0, 0.05) is 11.1 Å². The number of ketones is 1. The molecule has 0 atom stereocenters. The first-order chi connectivity index (χ1) is 10.8. The minimum Gasteiger partial charge on any atom is -0.388 e. The van der Waals surface area contributed by atoms with Crippen LogP contribution < -0.4 is 0 Å². The van der Waals surface area contributed by atoms with E-state index in [1.54, 1.807) is 16.8 Å². The lowest BCUT2D eigenvalue weighted by Crippen LogP contribution is -2.06. The van der Waals surface area contributed by atoms with Gasteiger partial charge in [0.2, 0.25) is 0 Å². The number of aliphatic hydroxyl groups excluding tert-OH is 1. The van der Waals surface area contributed by atoms with Crippen molar-refractivity contribution in [2.75, 3.05) is 6.61 Å². The predicted molar refractivity (Wildman–Crippen MR) is 80.2 cm³/mol. The van der Waals surface area contributed by atoms with E-state index in [0.29, 0.717) is 17.9 Å². The highest BCUT2D eigenvalue weighted by Gasteiger charge is 2.09. The average molecular weight is 294 g/mol. The lowest BCUT2D eigenvalue weighted by molar-refractivity contribution is 0.0903. The Morgan fingerprint density at radius 1 is 1.05 bits per heavy atom. The molecule has 3 aromatic rings. The number of aromatic nitrogens is 4. The molecule has 0 saturated carbocycles. The Bertz CT molecular complexity index is 766. The number of rotatable bonds is 5. The second-order valence-electron chi connectivity index (χ2n) is 4.80. The summed E-state index contributed by atoms with van der Waals surface area (Å²) in [7, 11) is 0. The molecule has 0 aliphatic heterocycles. The molecule has 2 aromatic carbocycles. The first-order valence-corrected chi connectivity index (χ1v) is 6.82. The molecular formula is C16H14N4O2. The zero-order valence-electron chi connectivity index (χ0n) is 11.8. The van der Waals surface area contributed by atoms with E-state index in [-0.39, 0.29) is 5.78 Å². The Hall–Kier alpha value is -2.86. The van der Waals surface area contributed by atoms with E-state index in [1.165, 1.54) is 0 Å². The van der Waals surface area contributed by atoms with E-state index in [9.17, 15) is 4.79 Å². The van der Waals surface area contributed by atoms with Crippen LogP contribution in [0.2, 0.25) is 0 Å². The zero-order chi connectivity index (χ0) is 15.4. The summed E-state index contributed by atoms with van der Waals surface area (Å²) in [6.45, 7) is 0.0231. The van der Waals surface area contributed by atoms with Crippen molar-refractivity contribution >= 4 is 5.78 Å². The maximum atomic E-state index is 11.4. The molecule has 3 rings (SSSR count). The first-order valence-electron chi connectivity index (χ1n) is 6.82. The van der Waals surface area contributed by atoms with Gasteiger partial charge in [-0.25, -0.2) is 4.68 Å². The molecule has 6 heteroatoms. The fraction of sp³-hybridized carbons (Fsp3) is 0.125. The second-order valence-corrected chi connectivity index (χ2v) is 4.80.